The third-order valence-electron chi connectivity index (χ3n) is 4.79. The van der Waals surface area contributed by atoms with Crippen LogP contribution in [0, 0.1) is 0 Å². The SMILES string of the molecule is O=C1CCC(c2nc(-c3ccc(C(F)(F)F)cc3)no2)N1Cc1ccc(Cl)cc1. The number of aromatic nitrogens is 2. The van der Waals surface area contributed by atoms with Gasteiger partial charge in [0.2, 0.25) is 17.6 Å². The van der Waals surface area contributed by atoms with Crippen molar-refractivity contribution in [1.29, 1.82) is 0 Å². The van der Waals surface area contributed by atoms with Gasteiger partial charge in [0.05, 0.1) is 5.56 Å². The van der Waals surface area contributed by atoms with Gasteiger partial charge in [-0.05, 0) is 36.2 Å². The van der Waals surface area contributed by atoms with Gasteiger partial charge in [0.1, 0.15) is 6.04 Å². The largest absolute Gasteiger partial charge is 0.416 e. The highest BCUT2D eigenvalue weighted by Gasteiger charge is 2.36. The zero-order valence-corrected chi connectivity index (χ0v) is 15.7. The van der Waals surface area contributed by atoms with Gasteiger partial charge in [-0.15, -0.1) is 0 Å². The summed E-state index contributed by atoms with van der Waals surface area (Å²) in [4.78, 5) is 18.3. The lowest BCUT2D eigenvalue weighted by Gasteiger charge is -2.22. The van der Waals surface area contributed by atoms with Crippen molar-refractivity contribution >= 4 is 17.5 Å². The van der Waals surface area contributed by atoms with Crippen molar-refractivity contribution in [2.75, 3.05) is 0 Å². The van der Waals surface area contributed by atoms with Crippen LogP contribution in [-0.2, 0) is 17.5 Å². The van der Waals surface area contributed by atoms with Crippen molar-refractivity contribution < 1.29 is 22.5 Å². The standard InChI is InChI=1S/C20H15ClF3N3O2/c21-15-7-1-12(2-8-15)11-27-16(9-10-17(27)28)19-25-18(26-29-19)13-3-5-14(6-4-13)20(22,23)24/h1-8,16H,9-11H2. The third kappa shape index (κ3) is 4.12. The number of benzene rings is 2. The molecule has 1 fully saturated rings. The van der Waals surface area contributed by atoms with Gasteiger partial charge in [-0.25, -0.2) is 0 Å². The first kappa shape index (κ1) is 19.4. The van der Waals surface area contributed by atoms with Crippen LogP contribution in [0.1, 0.15) is 35.9 Å². The van der Waals surface area contributed by atoms with E-state index >= 15 is 0 Å². The number of halogens is 4. The van der Waals surface area contributed by atoms with Gasteiger partial charge >= 0.3 is 6.18 Å². The van der Waals surface area contributed by atoms with Crippen LogP contribution in [-0.4, -0.2) is 20.9 Å². The molecule has 1 aromatic heterocycles. The van der Waals surface area contributed by atoms with E-state index in [1.165, 1.54) is 12.1 Å². The van der Waals surface area contributed by atoms with Crippen LogP contribution < -0.4 is 0 Å². The molecule has 150 valence electrons. The minimum Gasteiger partial charge on any atom is -0.337 e. The molecule has 1 saturated heterocycles. The lowest BCUT2D eigenvalue weighted by molar-refractivity contribution is -0.137. The maximum Gasteiger partial charge on any atom is 0.416 e. The van der Waals surface area contributed by atoms with Crippen molar-refractivity contribution in [3.05, 3.63) is 70.6 Å². The second-order valence-corrected chi connectivity index (χ2v) is 7.17. The molecule has 1 aliphatic rings. The molecular weight excluding hydrogens is 407 g/mol. The molecule has 4 rings (SSSR count). The lowest BCUT2D eigenvalue weighted by Crippen LogP contribution is -2.27. The van der Waals surface area contributed by atoms with Crippen molar-refractivity contribution in [3.63, 3.8) is 0 Å². The zero-order chi connectivity index (χ0) is 20.6. The van der Waals surface area contributed by atoms with Crippen LogP contribution in [0.3, 0.4) is 0 Å². The first-order valence-corrected chi connectivity index (χ1v) is 9.24. The summed E-state index contributed by atoms with van der Waals surface area (Å²) in [7, 11) is 0. The van der Waals surface area contributed by atoms with Gasteiger partial charge in [0.25, 0.3) is 0 Å². The molecule has 2 aromatic carbocycles. The monoisotopic (exact) mass is 421 g/mol. The van der Waals surface area contributed by atoms with Crippen LogP contribution in [0.5, 0.6) is 0 Å². The smallest absolute Gasteiger partial charge is 0.337 e. The Hall–Kier alpha value is -2.87. The average molecular weight is 422 g/mol. The number of alkyl halides is 3. The molecule has 5 nitrogen and oxygen atoms in total. The van der Waals surface area contributed by atoms with E-state index in [9.17, 15) is 18.0 Å². The number of hydrogen-bond acceptors (Lipinski definition) is 4. The van der Waals surface area contributed by atoms with Crippen LogP contribution in [0.15, 0.2) is 53.1 Å². The zero-order valence-electron chi connectivity index (χ0n) is 15.0. The van der Waals surface area contributed by atoms with Gasteiger partial charge in [-0.2, -0.15) is 18.2 Å². The number of carbonyl (C=O) groups excluding carboxylic acids is 1. The van der Waals surface area contributed by atoms with E-state index in [-0.39, 0.29) is 23.7 Å². The number of rotatable bonds is 4. The van der Waals surface area contributed by atoms with Gasteiger partial charge in [0.15, 0.2) is 0 Å². The molecule has 0 spiro atoms. The predicted octanol–water partition coefficient (Wildman–Crippen LogP) is 5.27. The van der Waals surface area contributed by atoms with Crippen molar-refractivity contribution in [2.24, 2.45) is 0 Å². The number of amides is 1. The van der Waals surface area contributed by atoms with E-state index < -0.39 is 11.7 Å². The van der Waals surface area contributed by atoms with E-state index in [2.05, 4.69) is 10.1 Å². The summed E-state index contributed by atoms with van der Waals surface area (Å²) in [6.07, 6.45) is -3.52. The second kappa shape index (κ2) is 7.51. The molecule has 0 radical (unpaired) electrons. The van der Waals surface area contributed by atoms with E-state index in [1.54, 1.807) is 17.0 Å². The molecular formula is C20H15ClF3N3O2. The fourth-order valence-corrected chi connectivity index (χ4v) is 3.40. The maximum atomic E-state index is 12.7. The molecule has 1 unspecified atom stereocenters. The third-order valence-corrected chi connectivity index (χ3v) is 5.04. The van der Waals surface area contributed by atoms with Crippen LogP contribution >= 0.6 is 11.6 Å². The Kier molecular flexibility index (Phi) is 5.04. The summed E-state index contributed by atoms with van der Waals surface area (Å²) < 4.78 is 43.5. The van der Waals surface area contributed by atoms with Crippen molar-refractivity contribution in [3.8, 4) is 11.4 Å². The van der Waals surface area contributed by atoms with Gasteiger partial charge in [0, 0.05) is 23.6 Å². The Balaban J connectivity index is 1.54. The molecule has 1 amide bonds. The molecule has 0 bridgehead atoms. The molecule has 0 aliphatic carbocycles. The predicted molar refractivity (Wildman–Crippen MR) is 98.7 cm³/mol. The highest BCUT2D eigenvalue weighted by Crippen LogP contribution is 2.35. The van der Waals surface area contributed by atoms with Gasteiger partial charge < -0.3 is 9.42 Å². The molecule has 1 atom stereocenters. The number of nitrogens with zero attached hydrogens (tertiary/aromatic N) is 3. The Morgan fingerprint density at radius 1 is 1.10 bits per heavy atom. The molecule has 0 N–H and O–H groups in total. The summed E-state index contributed by atoms with van der Waals surface area (Å²) >= 11 is 5.90. The highest BCUT2D eigenvalue weighted by atomic mass is 35.5. The summed E-state index contributed by atoms with van der Waals surface area (Å²) in [5.74, 6) is 0.415. The van der Waals surface area contributed by atoms with Gasteiger partial charge in [-0.3, -0.25) is 4.79 Å². The fourth-order valence-electron chi connectivity index (χ4n) is 3.27. The Bertz CT molecular complexity index is 1020. The Labute approximate surface area is 169 Å². The number of hydrogen-bond donors (Lipinski definition) is 0. The van der Waals surface area contributed by atoms with E-state index in [0.717, 1.165) is 17.7 Å². The minimum atomic E-state index is -4.41. The molecule has 3 aromatic rings. The summed E-state index contributed by atoms with van der Waals surface area (Å²) in [5.41, 5.74) is 0.569. The maximum absolute atomic E-state index is 12.7. The summed E-state index contributed by atoms with van der Waals surface area (Å²) in [6.45, 7) is 0.374. The molecule has 0 saturated carbocycles. The number of likely N-dealkylation sites (tertiary alicyclic amines) is 1. The fraction of sp³-hybridized carbons (Fsp3) is 0.250. The summed E-state index contributed by atoms with van der Waals surface area (Å²) in [6, 6.07) is 11.3. The molecule has 9 heteroatoms. The van der Waals surface area contributed by atoms with Crippen molar-refractivity contribution in [2.45, 2.75) is 31.6 Å². The highest BCUT2D eigenvalue weighted by molar-refractivity contribution is 6.30. The minimum absolute atomic E-state index is 0.0285. The van der Waals surface area contributed by atoms with Crippen LogP contribution in [0.2, 0.25) is 5.02 Å². The normalized spacial score (nSPS) is 17.2. The van der Waals surface area contributed by atoms with E-state index in [0.29, 0.717) is 30.0 Å². The van der Waals surface area contributed by atoms with E-state index in [4.69, 9.17) is 16.1 Å². The Morgan fingerprint density at radius 2 is 1.79 bits per heavy atom. The number of carbonyl (C=O) groups is 1. The topological polar surface area (TPSA) is 59.2 Å². The average Bonchev–Trinajstić information content (AvgIpc) is 3.30. The first-order valence-electron chi connectivity index (χ1n) is 8.86. The van der Waals surface area contributed by atoms with Crippen LogP contribution in [0.4, 0.5) is 13.2 Å². The molecule has 1 aliphatic heterocycles. The second-order valence-electron chi connectivity index (χ2n) is 6.73. The lowest BCUT2D eigenvalue weighted by atomic mass is 10.1. The van der Waals surface area contributed by atoms with Crippen molar-refractivity contribution in [1.82, 2.24) is 15.0 Å². The molecule has 2 heterocycles. The van der Waals surface area contributed by atoms with Crippen LogP contribution in [0.25, 0.3) is 11.4 Å². The van der Waals surface area contributed by atoms with Gasteiger partial charge in [-0.1, -0.05) is 41.0 Å². The summed E-state index contributed by atoms with van der Waals surface area (Å²) in [5, 5.41) is 4.49. The Morgan fingerprint density at radius 3 is 2.45 bits per heavy atom. The van der Waals surface area contributed by atoms with E-state index in [1.807, 2.05) is 12.1 Å². The first-order chi connectivity index (χ1) is 13.8. The molecule has 29 heavy (non-hydrogen) atoms. The quantitative estimate of drug-likeness (QED) is 0.575.